The second-order valence-corrected chi connectivity index (χ2v) is 9.05. The minimum atomic E-state index is -2.17. The topological polar surface area (TPSA) is 20.2 Å². The molecule has 1 nitrogen and oxygen atoms in total. The third-order valence-corrected chi connectivity index (χ3v) is 8.71. The van der Waals surface area contributed by atoms with Gasteiger partial charge in [0.25, 0.3) is 0 Å². The number of rotatable bonds is 6. The Labute approximate surface area is 114 Å². The largest absolute Gasteiger partial charge is 0.397 e. The number of aliphatic hydroxyl groups is 1. The maximum atomic E-state index is 13.1. The molecule has 0 saturated carbocycles. The molecule has 0 saturated heterocycles. The molecule has 0 fully saturated rings. The van der Waals surface area contributed by atoms with Crippen LogP contribution in [0.1, 0.15) is 0 Å². The summed E-state index contributed by atoms with van der Waals surface area (Å²) in [5, 5.41) is 11.9. The lowest BCUT2D eigenvalue weighted by molar-refractivity contribution is 0.316. The van der Waals surface area contributed by atoms with Gasteiger partial charge in [-0.15, -0.1) is 0 Å². The first-order chi connectivity index (χ1) is 9.33. The molecule has 2 aromatic carbocycles. The van der Waals surface area contributed by atoms with Crippen molar-refractivity contribution in [3.8, 4) is 0 Å². The smallest absolute Gasteiger partial charge is 0.122 e. The zero-order valence-electron chi connectivity index (χ0n) is 10.9. The molecule has 0 radical (unpaired) electrons. The van der Waals surface area contributed by atoms with Crippen LogP contribution in [0.3, 0.4) is 0 Å². The quantitative estimate of drug-likeness (QED) is 0.801. The predicted octanol–water partition coefficient (Wildman–Crippen LogP) is 2.21. The molecule has 0 aliphatic heterocycles. The molecule has 0 amide bonds. The average Bonchev–Trinajstić information content (AvgIpc) is 2.49. The number of halogens is 1. The average molecular weight is 274 g/mol. The highest BCUT2D eigenvalue weighted by atomic mass is 28.3. The number of hydrogen-bond donors (Lipinski definition) is 1. The fraction of sp³-hybridized carbons (Fsp3) is 0.250. The van der Waals surface area contributed by atoms with Crippen molar-refractivity contribution in [1.82, 2.24) is 0 Å². The van der Waals surface area contributed by atoms with Crippen LogP contribution >= 0.6 is 0 Å². The Morgan fingerprint density at radius 2 is 1.26 bits per heavy atom. The molecule has 0 unspecified atom stereocenters. The summed E-state index contributed by atoms with van der Waals surface area (Å²) in [6, 6.07) is 21.4. The molecular weight excluding hydrogens is 255 g/mol. The fourth-order valence-electron chi connectivity index (χ4n) is 2.74. The highest BCUT2D eigenvalue weighted by Gasteiger charge is 2.36. The minimum absolute atomic E-state index is 0.107. The molecule has 100 valence electrons. The fourth-order valence-corrected chi connectivity index (χ4v) is 6.84. The Bertz CT molecular complexity index is 439. The molecule has 3 heteroatoms. The van der Waals surface area contributed by atoms with Crippen LogP contribution in [0.4, 0.5) is 4.39 Å². The molecule has 1 N–H and O–H groups in total. The van der Waals surface area contributed by atoms with E-state index in [1.54, 1.807) is 0 Å². The van der Waals surface area contributed by atoms with Gasteiger partial charge >= 0.3 is 0 Å². The summed E-state index contributed by atoms with van der Waals surface area (Å²) >= 11 is 0. The minimum Gasteiger partial charge on any atom is -0.397 e. The van der Waals surface area contributed by atoms with E-state index in [0.29, 0.717) is 12.1 Å². The number of benzene rings is 2. The SMILES string of the molecule is OCC[Si](CCF)(c1ccccc1)c1ccccc1. The van der Waals surface area contributed by atoms with E-state index in [-0.39, 0.29) is 13.3 Å². The van der Waals surface area contributed by atoms with Gasteiger partial charge in [0.1, 0.15) is 8.07 Å². The monoisotopic (exact) mass is 274 g/mol. The third-order valence-electron chi connectivity index (χ3n) is 3.71. The van der Waals surface area contributed by atoms with E-state index in [9.17, 15) is 9.50 Å². The van der Waals surface area contributed by atoms with Crippen molar-refractivity contribution < 1.29 is 9.50 Å². The van der Waals surface area contributed by atoms with Crippen molar-refractivity contribution in [2.75, 3.05) is 13.3 Å². The molecule has 0 heterocycles. The normalized spacial score (nSPS) is 11.5. The second kappa shape index (κ2) is 6.64. The molecule has 0 aliphatic rings. The van der Waals surface area contributed by atoms with Crippen LogP contribution < -0.4 is 10.4 Å². The summed E-state index contributed by atoms with van der Waals surface area (Å²) in [4.78, 5) is 0. The zero-order chi connectivity index (χ0) is 13.6. The van der Waals surface area contributed by atoms with E-state index in [4.69, 9.17) is 0 Å². The summed E-state index contributed by atoms with van der Waals surface area (Å²) in [6.07, 6.45) is 0. The highest BCUT2D eigenvalue weighted by Crippen LogP contribution is 2.16. The van der Waals surface area contributed by atoms with Gasteiger partial charge in [-0.05, 0) is 12.1 Å². The van der Waals surface area contributed by atoms with Crippen LogP contribution in [-0.2, 0) is 0 Å². The predicted molar refractivity (Wildman–Crippen MR) is 80.6 cm³/mol. The molecule has 0 atom stereocenters. The van der Waals surface area contributed by atoms with Gasteiger partial charge in [-0.25, -0.2) is 0 Å². The molecule has 19 heavy (non-hydrogen) atoms. The second-order valence-electron chi connectivity index (χ2n) is 4.73. The molecule has 2 rings (SSSR count). The molecule has 0 aromatic heterocycles. The zero-order valence-corrected chi connectivity index (χ0v) is 11.9. The first-order valence-electron chi connectivity index (χ1n) is 6.61. The van der Waals surface area contributed by atoms with E-state index in [0.717, 1.165) is 0 Å². The van der Waals surface area contributed by atoms with Crippen molar-refractivity contribution in [2.24, 2.45) is 0 Å². The Balaban J connectivity index is 2.54. The van der Waals surface area contributed by atoms with Gasteiger partial charge in [-0.3, -0.25) is 4.39 Å². The molecule has 0 bridgehead atoms. The van der Waals surface area contributed by atoms with Gasteiger partial charge in [0.2, 0.25) is 0 Å². The van der Waals surface area contributed by atoms with Gasteiger partial charge < -0.3 is 5.11 Å². The van der Waals surface area contributed by atoms with Gasteiger partial charge in [0, 0.05) is 6.61 Å². The maximum Gasteiger partial charge on any atom is 0.122 e. The summed E-state index contributed by atoms with van der Waals surface area (Å²) in [5.41, 5.74) is 0. The highest BCUT2D eigenvalue weighted by molar-refractivity contribution is 7.02. The first-order valence-corrected chi connectivity index (χ1v) is 9.03. The maximum absolute atomic E-state index is 13.1. The van der Waals surface area contributed by atoms with Crippen molar-refractivity contribution in [2.45, 2.75) is 12.1 Å². The van der Waals surface area contributed by atoms with Crippen LogP contribution in [-0.4, -0.2) is 26.5 Å². The number of alkyl halides is 1. The summed E-state index contributed by atoms with van der Waals surface area (Å²) in [7, 11) is -2.17. The molecule has 0 spiro atoms. The van der Waals surface area contributed by atoms with E-state index in [1.807, 2.05) is 36.4 Å². The third kappa shape index (κ3) is 2.93. The lowest BCUT2D eigenvalue weighted by Gasteiger charge is -2.31. The standard InChI is InChI=1S/C16H19FOSi/c17-11-13-19(14-12-18,15-7-3-1-4-8-15)16-9-5-2-6-10-16/h1-10,18H,11-14H2. The first kappa shape index (κ1) is 14.0. The summed E-state index contributed by atoms with van der Waals surface area (Å²) < 4.78 is 13.1. The van der Waals surface area contributed by atoms with Crippen molar-refractivity contribution in [3.05, 3.63) is 60.7 Å². The summed E-state index contributed by atoms with van der Waals surface area (Å²) in [6.45, 7) is -0.230. The van der Waals surface area contributed by atoms with Crippen LogP contribution in [0.25, 0.3) is 0 Å². The molecule has 2 aromatic rings. The lowest BCUT2D eigenvalue weighted by Crippen LogP contribution is -2.58. The van der Waals surface area contributed by atoms with Gasteiger partial charge in [0.05, 0.1) is 6.67 Å². The molecular formula is C16H19FOSi. The lowest BCUT2D eigenvalue weighted by atomic mass is 10.4. The van der Waals surface area contributed by atoms with E-state index in [2.05, 4.69) is 24.3 Å². The Kier molecular flexibility index (Phi) is 4.88. The van der Waals surface area contributed by atoms with Crippen molar-refractivity contribution in [1.29, 1.82) is 0 Å². The van der Waals surface area contributed by atoms with Gasteiger partial charge in [-0.1, -0.05) is 71.0 Å². The Morgan fingerprint density at radius 1 is 0.789 bits per heavy atom. The van der Waals surface area contributed by atoms with Crippen LogP contribution in [0, 0.1) is 0 Å². The van der Waals surface area contributed by atoms with E-state index < -0.39 is 8.07 Å². The number of hydrogen-bond acceptors (Lipinski definition) is 1. The van der Waals surface area contributed by atoms with E-state index >= 15 is 0 Å². The summed E-state index contributed by atoms with van der Waals surface area (Å²) in [5.74, 6) is 0. The van der Waals surface area contributed by atoms with Crippen molar-refractivity contribution >= 4 is 18.4 Å². The van der Waals surface area contributed by atoms with Crippen LogP contribution in [0.15, 0.2) is 60.7 Å². The van der Waals surface area contributed by atoms with Crippen LogP contribution in [0.2, 0.25) is 12.1 Å². The Hall–Kier alpha value is -1.45. The molecule has 0 aliphatic carbocycles. The Morgan fingerprint density at radius 3 is 1.63 bits per heavy atom. The van der Waals surface area contributed by atoms with Crippen LogP contribution in [0.5, 0.6) is 0 Å². The van der Waals surface area contributed by atoms with Gasteiger partial charge in [0.15, 0.2) is 0 Å². The van der Waals surface area contributed by atoms with Crippen molar-refractivity contribution in [3.63, 3.8) is 0 Å². The number of aliphatic hydroxyl groups excluding tert-OH is 1. The van der Waals surface area contributed by atoms with E-state index in [1.165, 1.54) is 10.4 Å². The van der Waals surface area contributed by atoms with Gasteiger partial charge in [-0.2, -0.15) is 0 Å².